The molecule has 0 aliphatic carbocycles. The molecule has 0 amide bonds. The zero-order valence-electron chi connectivity index (χ0n) is 32.6. The largest absolute Gasteiger partial charge is 0.455 e. The van der Waals surface area contributed by atoms with E-state index in [-0.39, 0.29) is 5.41 Å². The summed E-state index contributed by atoms with van der Waals surface area (Å²) in [7, 11) is 0. The van der Waals surface area contributed by atoms with Crippen molar-refractivity contribution in [3.63, 3.8) is 0 Å². The topological polar surface area (TPSA) is 44.7 Å². The summed E-state index contributed by atoms with van der Waals surface area (Å²) in [5.41, 5.74) is 9.43. The van der Waals surface area contributed by atoms with Gasteiger partial charge in [0.2, 0.25) is 6.33 Å². The average molecular weight is 691 g/mol. The highest BCUT2D eigenvalue weighted by atomic mass is 16.3. The van der Waals surface area contributed by atoms with E-state index in [1.807, 2.05) is 77.5 Å². The number of imidazole rings is 1. The molecule has 4 aromatic heterocycles. The van der Waals surface area contributed by atoms with Gasteiger partial charge >= 0.3 is 0 Å². The third-order valence-corrected chi connectivity index (χ3v) is 10.3. The molecule has 6 heteroatoms. The molecule has 0 N–H and O–H groups in total. The number of fused-ring (bicyclic) bond motifs is 8. The van der Waals surface area contributed by atoms with Crippen LogP contribution >= 0.6 is 0 Å². The number of aromatic nitrogens is 5. The summed E-state index contributed by atoms with van der Waals surface area (Å²) in [4.78, 5) is 4.93. The maximum atomic E-state index is 8.29. The Hall–Kier alpha value is -6.66. The summed E-state index contributed by atoms with van der Waals surface area (Å²) in [6, 6.07) is 49.3. The average Bonchev–Trinajstić information content (AvgIpc) is 3.75. The highest BCUT2D eigenvalue weighted by molar-refractivity contribution is 6.10. The summed E-state index contributed by atoms with van der Waals surface area (Å²) in [6.45, 7) is 4.25. The number of rotatable bonds is 3. The molecule has 0 radical (unpaired) electrons. The third kappa shape index (κ3) is 4.94. The van der Waals surface area contributed by atoms with Crippen molar-refractivity contribution in [1.82, 2.24) is 18.7 Å². The molecule has 0 aliphatic rings. The van der Waals surface area contributed by atoms with Gasteiger partial charge in [-0.3, -0.25) is 4.57 Å². The van der Waals surface area contributed by atoms with Crippen LogP contribution in [0.5, 0.6) is 0 Å². The van der Waals surface area contributed by atoms with Crippen LogP contribution in [-0.4, -0.2) is 18.7 Å². The first-order chi connectivity index (χ1) is 27.0. The van der Waals surface area contributed by atoms with E-state index in [0.29, 0.717) is 11.1 Å². The fraction of sp³-hybridized carbons (Fsp3) is 0.106. The van der Waals surface area contributed by atoms with E-state index in [2.05, 4.69) is 115 Å². The molecule has 256 valence electrons. The molecule has 53 heavy (non-hydrogen) atoms. The van der Waals surface area contributed by atoms with Crippen molar-refractivity contribution >= 4 is 65.8 Å². The molecular weight excluding hydrogens is 651 g/mol. The lowest BCUT2D eigenvalue weighted by Crippen LogP contribution is -2.26. The van der Waals surface area contributed by atoms with E-state index in [1.165, 1.54) is 10.1 Å². The van der Waals surface area contributed by atoms with Crippen molar-refractivity contribution in [3.8, 4) is 17.2 Å². The van der Waals surface area contributed by atoms with E-state index in [9.17, 15) is 0 Å². The van der Waals surface area contributed by atoms with Crippen molar-refractivity contribution in [2.24, 2.45) is 6.98 Å². The van der Waals surface area contributed by atoms with Crippen LogP contribution in [0.1, 0.15) is 30.4 Å². The summed E-state index contributed by atoms with van der Waals surface area (Å²) in [5.74, 6) is 0.853. The lowest BCUT2D eigenvalue weighted by atomic mass is 9.88. The van der Waals surface area contributed by atoms with Crippen LogP contribution < -0.4 is 4.57 Å². The van der Waals surface area contributed by atoms with Crippen molar-refractivity contribution in [3.05, 3.63) is 164 Å². The molecule has 0 saturated carbocycles. The van der Waals surface area contributed by atoms with E-state index in [4.69, 9.17) is 13.5 Å². The minimum absolute atomic E-state index is 0.0567. The van der Waals surface area contributed by atoms with Crippen molar-refractivity contribution in [2.75, 3.05) is 0 Å². The van der Waals surface area contributed by atoms with Gasteiger partial charge in [0.1, 0.15) is 11.4 Å². The van der Waals surface area contributed by atoms with Gasteiger partial charge in [0, 0.05) is 38.9 Å². The Balaban J connectivity index is 1.35. The van der Waals surface area contributed by atoms with Gasteiger partial charge in [0.05, 0.1) is 44.4 Å². The summed E-state index contributed by atoms with van der Waals surface area (Å²) in [6.07, 6.45) is 5.07. The Bertz CT molecular complexity index is 3250. The first-order valence-corrected chi connectivity index (χ1v) is 17.8. The number of nitrogens with zero attached hydrogens (tertiary/aromatic N) is 5. The number of aryl methyl sites for hydroxylation is 1. The first kappa shape index (κ1) is 28.0. The number of pyridine rings is 1. The minimum atomic E-state index is -2.41. The second kappa shape index (κ2) is 11.7. The standard InChI is InChI=1S/C47H37N5O/c1-47(2,3)31-25-26-48-46(27-31)52-38-15-7-5-13-34(38)35-24-22-33(29-43(35)52)51-41-18-10-12-20-45(41)53-44-19-11-6-14-37(44)36-23-21-32(28-42(36)51)50-30-49(4)39-16-8-9-17-40(39)50/h5-29H,1-4H3/i4D3. The summed E-state index contributed by atoms with van der Waals surface area (Å²) < 4.78 is 39.2. The van der Waals surface area contributed by atoms with Crippen LogP contribution in [0, 0.1) is 6.33 Å². The van der Waals surface area contributed by atoms with Crippen LogP contribution in [0.4, 0.5) is 0 Å². The highest BCUT2D eigenvalue weighted by Crippen LogP contribution is 2.37. The van der Waals surface area contributed by atoms with Gasteiger partial charge in [0.25, 0.3) is 0 Å². The van der Waals surface area contributed by atoms with Crippen molar-refractivity contribution < 1.29 is 13.1 Å². The van der Waals surface area contributed by atoms with Gasteiger partial charge < -0.3 is 18.1 Å². The molecule has 0 saturated heterocycles. The smallest absolute Gasteiger partial charge is 0.244 e. The monoisotopic (exact) mass is 690 g/mol. The van der Waals surface area contributed by atoms with Gasteiger partial charge in [0.15, 0.2) is 5.58 Å². The van der Waals surface area contributed by atoms with Gasteiger partial charge in [-0.2, -0.15) is 0 Å². The summed E-state index contributed by atoms with van der Waals surface area (Å²) >= 11 is 0. The molecule has 4 heterocycles. The predicted octanol–water partition coefficient (Wildman–Crippen LogP) is 11.0. The zero-order valence-corrected chi connectivity index (χ0v) is 29.6. The molecular formula is C47H37N5O. The Kier molecular flexibility index (Phi) is 6.17. The second-order valence-electron chi connectivity index (χ2n) is 14.6. The van der Waals surface area contributed by atoms with Gasteiger partial charge in [-0.05, 0) is 65.6 Å². The molecule has 0 fully saturated rings. The van der Waals surface area contributed by atoms with Crippen molar-refractivity contribution in [2.45, 2.75) is 26.2 Å². The molecule has 0 atom stereocenters. The highest BCUT2D eigenvalue weighted by Gasteiger charge is 2.19. The van der Waals surface area contributed by atoms with E-state index >= 15 is 0 Å². The zero-order chi connectivity index (χ0) is 38.3. The number of hydrogen-bond donors (Lipinski definition) is 0. The molecule has 10 aromatic rings. The first-order valence-electron chi connectivity index (χ1n) is 19.3. The fourth-order valence-electron chi connectivity index (χ4n) is 7.70. The maximum absolute atomic E-state index is 8.29. The second-order valence-corrected chi connectivity index (χ2v) is 14.6. The van der Waals surface area contributed by atoms with Crippen LogP contribution in [0.15, 0.2) is 156 Å². The van der Waals surface area contributed by atoms with Gasteiger partial charge in [-0.1, -0.05) is 112 Å². The Morgan fingerprint density at radius 1 is 0.585 bits per heavy atom. The Morgan fingerprint density at radius 3 is 2.02 bits per heavy atom. The van der Waals surface area contributed by atoms with Crippen LogP contribution in [0.25, 0.3) is 83.0 Å². The van der Waals surface area contributed by atoms with E-state index in [0.717, 1.165) is 71.9 Å². The Labute approximate surface area is 310 Å². The van der Waals surface area contributed by atoms with Crippen molar-refractivity contribution in [1.29, 1.82) is 0 Å². The SMILES string of the molecule is [2H]C([2H])([2H])[n+]1[c-]n(-c2ccc3c4ccccc4oc4ccccc4n(-c4ccc5c6ccccc6n(-c6cc(C(C)(C)C)ccn6)c5c4)c3c2)c2ccccc21. The lowest BCUT2D eigenvalue weighted by Gasteiger charge is -2.20. The Morgan fingerprint density at radius 2 is 1.21 bits per heavy atom. The maximum Gasteiger partial charge on any atom is 0.244 e. The van der Waals surface area contributed by atoms with Crippen LogP contribution in [0.2, 0.25) is 0 Å². The van der Waals surface area contributed by atoms with E-state index < -0.39 is 6.98 Å². The van der Waals surface area contributed by atoms with Gasteiger partial charge in [-0.15, -0.1) is 0 Å². The van der Waals surface area contributed by atoms with Gasteiger partial charge in [-0.25, -0.2) is 4.98 Å². The molecule has 6 nitrogen and oxygen atoms in total. The fourth-order valence-corrected chi connectivity index (χ4v) is 7.70. The number of benzene rings is 6. The molecule has 0 aliphatic heterocycles. The minimum Gasteiger partial charge on any atom is -0.455 e. The van der Waals surface area contributed by atoms with Crippen LogP contribution in [-0.2, 0) is 12.4 Å². The normalized spacial score (nSPS) is 13.2. The third-order valence-electron chi connectivity index (χ3n) is 10.3. The number of hydrogen-bond acceptors (Lipinski definition) is 2. The number of para-hydroxylation sites is 6. The molecule has 10 rings (SSSR count). The molecule has 0 unspecified atom stereocenters. The summed E-state index contributed by atoms with van der Waals surface area (Å²) in [5, 5.41) is 4.15. The quantitative estimate of drug-likeness (QED) is 0.137. The van der Waals surface area contributed by atoms with E-state index in [1.54, 1.807) is 0 Å². The molecule has 6 aromatic carbocycles. The lowest BCUT2D eigenvalue weighted by molar-refractivity contribution is -0.649. The molecule has 0 spiro atoms. The predicted molar refractivity (Wildman–Crippen MR) is 216 cm³/mol. The molecule has 0 bridgehead atoms. The van der Waals surface area contributed by atoms with Crippen LogP contribution in [0.3, 0.4) is 0 Å².